The van der Waals surface area contributed by atoms with E-state index in [4.69, 9.17) is 0 Å². The van der Waals surface area contributed by atoms with Crippen LogP contribution in [0.5, 0.6) is 0 Å². The van der Waals surface area contributed by atoms with E-state index in [2.05, 4.69) is 10.3 Å². The van der Waals surface area contributed by atoms with Crippen LogP contribution in [0.15, 0.2) is 36.5 Å². The zero-order chi connectivity index (χ0) is 11.0. The minimum atomic E-state index is -0.0312. The van der Waals surface area contributed by atoms with Gasteiger partial charge in [-0.3, -0.25) is 9.88 Å². The number of hydrogen-bond acceptors (Lipinski definition) is 2. The monoisotopic (exact) mass is 213 g/mol. The molecule has 0 unspecified atom stereocenters. The van der Waals surface area contributed by atoms with Gasteiger partial charge in [0, 0.05) is 24.7 Å². The average molecular weight is 213 g/mol. The van der Waals surface area contributed by atoms with Gasteiger partial charge in [0.15, 0.2) is 0 Å². The Bertz CT molecular complexity index is 547. The first-order valence-corrected chi connectivity index (χ1v) is 5.25. The lowest BCUT2D eigenvalue weighted by atomic mass is 10.1. The summed E-state index contributed by atoms with van der Waals surface area (Å²) in [6.45, 7) is 1.42. The van der Waals surface area contributed by atoms with Gasteiger partial charge in [0.1, 0.15) is 0 Å². The lowest BCUT2D eigenvalue weighted by molar-refractivity contribution is 0.252. The zero-order valence-electron chi connectivity index (χ0n) is 8.68. The largest absolute Gasteiger partial charge is 0.336 e. The summed E-state index contributed by atoms with van der Waals surface area (Å²) in [6.07, 6.45) is 1.76. The smallest absolute Gasteiger partial charge is 0.322 e. The lowest BCUT2D eigenvalue weighted by Gasteiger charge is -2.16. The van der Waals surface area contributed by atoms with E-state index in [0.29, 0.717) is 13.1 Å². The summed E-state index contributed by atoms with van der Waals surface area (Å²) in [5.41, 5.74) is 1.85. The second-order valence-electron chi connectivity index (χ2n) is 3.73. The fraction of sp³-hybridized carbons (Fsp3) is 0.167. The van der Waals surface area contributed by atoms with Crippen LogP contribution in [0.4, 0.5) is 10.5 Å². The van der Waals surface area contributed by atoms with Gasteiger partial charge in [0.05, 0.1) is 11.2 Å². The molecule has 0 atom stereocenters. The third-order valence-corrected chi connectivity index (χ3v) is 2.77. The maximum atomic E-state index is 11.6. The molecule has 80 valence electrons. The Balaban J connectivity index is 2.19. The molecule has 16 heavy (non-hydrogen) atoms. The Kier molecular flexibility index (Phi) is 1.99. The van der Waals surface area contributed by atoms with Crippen LogP contribution in [0.2, 0.25) is 0 Å². The third kappa shape index (κ3) is 1.31. The highest BCUT2D eigenvalue weighted by molar-refractivity contribution is 6.03. The Morgan fingerprint density at radius 3 is 3.00 bits per heavy atom. The van der Waals surface area contributed by atoms with Crippen molar-refractivity contribution in [3.63, 3.8) is 0 Å². The second-order valence-corrected chi connectivity index (χ2v) is 3.73. The normalized spacial score (nSPS) is 15.5. The molecule has 1 aromatic carbocycles. The SMILES string of the molecule is O=C1NCCN1c1cccc2ncccc12. The second kappa shape index (κ2) is 3.48. The van der Waals surface area contributed by atoms with Crippen molar-refractivity contribution in [2.45, 2.75) is 0 Å². The van der Waals surface area contributed by atoms with Gasteiger partial charge in [-0.05, 0) is 24.3 Å². The summed E-state index contributed by atoms with van der Waals surface area (Å²) in [7, 11) is 0. The quantitative estimate of drug-likeness (QED) is 0.784. The van der Waals surface area contributed by atoms with Gasteiger partial charge in [-0.15, -0.1) is 0 Å². The van der Waals surface area contributed by atoms with Crippen molar-refractivity contribution in [2.24, 2.45) is 0 Å². The Morgan fingerprint density at radius 1 is 1.25 bits per heavy atom. The molecule has 0 aliphatic carbocycles. The number of aromatic nitrogens is 1. The average Bonchev–Trinajstić information content (AvgIpc) is 2.75. The van der Waals surface area contributed by atoms with E-state index in [-0.39, 0.29) is 6.03 Å². The molecule has 1 aromatic heterocycles. The zero-order valence-corrected chi connectivity index (χ0v) is 8.68. The van der Waals surface area contributed by atoms with Crippen LogP contribution in [0, 0.1) is 0 Å². The van der Waals surface area contributed by atoms with Gasteiger partial charge in [-0.25, -0.2) is 4.79 Å². The van der Waals surface area contributed by atoms with E-state index in [1.54, 1.807) is 11.1 Å². The molecule has 1 fully saturated rings. The molecule has 1 saturated heterocycles. The number of anilines is 1. The van der Waals surface area contributed by atoms with E-state index in [1.165, 1.54) is 0 Å². The predicted molar refractivity (Wildman–Crippen MR) is 62.5 cm³/mol. The Hall–Kier alpha value is -2.10. The van der Waals surface area contributed by atoms with E-state index < -0.39 is 0 Å². The first-order chi connectivity index (χ1) is 7.86. The van der Waals surface area contributed by atoms with Crippen LogP contribution >= 0.6 is 0 Å². The van der Waals surface area contributed by atoms with Crippen LogP contribution in [0.1, 0.15) is 0 Å². The fourth-order valence-electron chi connectivity index (χ4n) is 2.02. The van der Waals surface area contributed by atoms with E-state index in [1.807, 2.05) is 30.3 Å². The molecule has 4 heteroatoms. The van der Waals surface area contributed by atoms with Gasteiger partial charge < -0.3 is 5.32 Å². The summed E-state index contributed by atoms with van der Waals surface area (Å²) in [5.74, 6) is 0. The van der Waals surface area contributed by atoms with Crippen LogP contribution in [-0.4, -0.2) is 24.1 Å². The standard InChI is InChI=1S/C12H11N3O/c16-12-14-7-8-15(12)11-5-1-4-10-9(11)3-2-6-13-10/h1-6H,7-8H2,(H,14,16). The van der Waals surface area contributed by atoms with Crippen molar-refractivity contribution in [3.8, 4) is 0 Å². The van der Waals surface area contributed by atoms with Crippen molar-refractivity contribution in [1.29, 1.82) is 0 Å². The molecule has 4 nitrogen and oxygen atoms in total. The molecule has 0 saturated carbocycles. The number of carbonyl (C=O) groups is 1. The predicted octanol–water partition coefficient (Wildman–Crippen LogP) is 1.76. The van der Waals surface area contributed by atoms with Crippen LogP contribution < -0.4 is 10.2 Å². The first-order valence-electron chi connectivity index (χ1n) is 5.25. The van der Waals surface area contributed by atoms with Crippen LogP contribution in [-0.2, 0) is 0 Å². The summed E-state index contributed by atoms with van der Waals surface area (Å²) in [4.78, 5) is 17.6. The van der Waals surface area contributed by atoms with Gasteiger partial charge in [0.25, 0.3) is 0 Å². The summed E-state index contributed by atoms with van der Waals surface area (Å²) in [5, 5.41) is 3.82. The number of fused-ring (bicyclic) bond motifs is 1. The molecule has 2 amide bonds. The highest BCUT2D eigenvalue weighted by Crippen LogP contribution is 2.26. The summed E-state index contributed by atoms with van der Waals surface area (Å²) in [6, 6.07) is 9.68. The van der Waals surface area contributed by atoms with E-state index >= 15 is 0 Å². The third-order valence-electron chi connectivity index (χ3n) is 2.77. The minimum Gasteiger partial charge on any atom is -0.336 e. The molecule has 1 aliphatic heterocycles. The van der Waals surface area contributed by atoms with Crippen molar-refractivity contribution in [1.82, 2.24) is 10.3 Å². The number of amides is 2. The minimum absolute atomic E-state index is 0.0312. The summed E-state index contributed by atoms with van der Waals surface area (Å²) < 4.78 is 0. The van der Waals surface area contributed by atoms with Crippen molar-refractivity contribution >= 4 is 22.6 Å². The molecule has 2 aromatic rings. The van der Waals surface area contributed by atoms with E-state index in [0.717, 1.165) is 16.6 Å². The topological polar surface area (TPSA) is 45.2 Å². The fourth-order valence-corrected chi connectivity index (χ4v) is 2.02. The van der Waals surface area contributed by atoms with E-state index in [9.17, 15) is 4.79 Å². The highest BCUT2D eigenvalue weighted by atomic mass is 16.2. The van der Waals surface area contributed by atoms with Crippen molar-refractivity contribution in [3.05, 3.63) is 36.5 Å². The maximum Gasteiger partial charge on any atom is 0.322 e. The molecule has 0 radical (unpaired) electrons. The number of pyridine rings is 1. The number of hydrogen-bond donors (Lipinski definition) is 1. The molecule has 3 rings (SSSR count). The number of benzene rings is 1. The Morgan fingerprint density at radius 2 is 2.19 bits per heavy atom. The van der Waals surface area contributed by atoms with Crippen molar-refractivity contribution < 1.29 is 4.79 Å². The highest BCUT2D eigenvalue weighted by Gasteiger charge is 2.22. The molecule has 1 N–H and O–H groups in total. The number of nitrogens with one attached hydrogen (secondary N) is 1. The van der Waals surface area contributed by atoms with Gasteiger partial charge in [-0.1, -0.05) is 6.07 Å². The number of urea groups is 1. The van der Waals surface area contributed by atoms with Gasteiger partial charge in [0.2, 0.25) is 0 Å². The number of rotatable bonds is 1. The molecule has 0 bridgehead atoms. The summed E-state index contributed by atoms with van der Waals surface area (Å²) >= 11 is 0. The number of nitrogens with zero attached hydrogens (tertiary/aromatic N) is 2. The Labute approximate surface area is 92.9 Å². The van der Waals surface area contributed by atoms with Gasteiger partial charge >= 0.3 is 6.03 Å². The maximum absolute atomic E-state index is 11.6. The number of carbonyl (C=O) groups excluding carboxylic acids is 1. The first kappa shape index (κ1) is 9.15. The molecule has 2 heterocycles. The van der Waals surface area contributed by atoms with Crippen LogP contribution in [0.3, 0.4) is 0 Å². The molecular formula is C12H11N3O. The van der Waals surface area contributed by atoms with Gasteiger partial charge in [-0.2, -0.15) is 0 Å². The molecular weight excluding hydrogens is 202 g/mol. The van der Waals surface area contributed by atoms with Crippen molar-refractivity contribution in [2.75, 3.05) is 18.0 Å². The molecule has 1 aliphatic rings. The molecule has 0 spiro atoms. The lowest BCUT2D eigenvalue weighted by Crippen LogP contribution is -2.27. The van der Waals surface area contributed by atoms with Crippen LogP contribution in [0.25, 0.3) is 10.9 Å².